The Bertz CT molecular complexity index is 695. The summed E-state index contributed by atoms with van der Waals surface area (Å²) in [6.07, 6.45) is 1.57. The Hall–Kier alpha value is -1.77. The minimum Gasteiger partial charge on any atom is -0.516 e. The van der Waals surface area contributed by atoms with Crippen molar-refractivity contribution in [3.8, 4) is 17.0 Å². The maximum Gasteiger partial charge on any atom is 0.106 e. The molecule has 0 aliphatic carbocycles. The fourth-order valence-electron chi connectivity index (χ4n) is 1.93. The van der Waals surface area contributed by atoms with Gasteiger partial charge in [0.1, 0.15) is 6.33 Å². The zero-order valence-electron chi connectivity index (χ0n) is 10.3. The third kappa shape index (κ3) is 2.65. The molecule has 0 atom stereocenters. The van der Waals surface area contributed by atoms with Gasteiger partial charge in [-0.15, -0.1) is 29.8 Å². The molecule has 1 radical (unpaired) electrons. The molecule has 3 nitrogen and oxygen atoms in total. The number of nitrogens with zero attached hydrogens (tertiary/aromatic N) is 2. The number of hydrogen-bond acceptors (Lipinski definition) is 3. The van der Waals surface area contributed by atoms with Gasteiger partial charge in [0.05, 0.1) is 12.6 Å². The summed E-state index contributed by atoms with van der Waals surface area (Å²) < 4.78 is 5.22. The van der Waals surface area contributed by atoms with Crippen LogP contribution >= 0.6 is 0 Å². The van der Waals surface area contributed by atoms with Crippen molar-refractivity contribution >= 4 is 10.9 Å². The van der Waals surface area contributed by atoms with Crippen LogP contribution < -0.4 is 4.74 Å². The van der Waals surface area contributed by atoms with Crippen LogP contribution in [0.25, 0.3) is 22.2 Å². The van der Waals surface area contributed by atoms with Crippen molar-refractivity contribution in [3.63, 3.8) is 0 Å². The smallest absolute Gasteiger partial charge is 0.106 e. The van der Waals surface area contributed by atoms with E-state index in [0.29, 0.717) is 0 Å². The summed E-state index contributed by atoms with van der Waals surface area (Å²) >= 11 is 0. The van der Waals surface area contributed by atoms with Gasteiger partial charge in [0.25, 0.3) is 0 Å². The number of rotatable bonds is 2. The zero-order chi connectivity index (χ0) is 12.4. The van der Waals surface area contributed by atoms with Gasteiger partial charge in [0, 0.05) is 25.9 Å². The molecule has 3 aromatic rings. The minimum absolute atomic E-state index is 0. The van der Waals surface area contributed by atoms with Crippen LogP contribution in [0.5, 0.6) is 5.75 Å². The second-order valence-corrected chi connectivity index (χ2v) is 3.88. The number of benzene rings is 2. The minimum atomic E-state index is 0. The van der Waals surface area contributed by atoms with Crippen LogP contribution in [0.4, 0.5) is 0 Å². The molecular weight excluding hydrogens is 416 g/mol. The number of para-hydroxylation sites is 1. The Kier molecular flexibility index (Phi) is 4.25. The summed E-state index contributed by atoms with van der Waals surface area (Å²) in [4.78, 5) is 8.61. The Morgan fingerprint density at radius 1 is 1.11 bits per heavy atom. The van der Waals surface area contributed by atoms with E-state index in [-0.39, 0.29) is 20.1 Å². The summed E-state index contributed by atoms with van der Waals surface area (Å²) in [5.74, 6) is 0.798. The molecule has 0 fully saturated rings. The number of fused-ring (bicyclic) bond motifs is 1. The topological polar surface area (TPSA) is 35.0 Å². The van der Waals surface area contributed by atoms with Gasteiger partial charge < -0.3 is 4.74 Å². The van der Waals surface area contributed by atoms with Gasteiger partial charge in [-0.25, -0.2) is 4.98 Å². The molecule has 2 aromatic carbocycles. The van der Waals surface area contributed by atoms with Crippen molar-refractivity contribution in [2.24, 2.45) is 0 Å². The van der Waals surface area contributed by atoms with E-state index in [1.807, 2.05) is 42.5 Å². The van der Waals surface area contributed by atoms with E-state index in [0.717, 1.165) is 27.9 Å². The molecular formula is C15H11IrN2O-. The summed E-state index contributed by atoms with van der Waals surface area (Å²) in [7, 11) is 1.65. The van der Waals surface area contributed by atoms with Crippen LogP contribution in [0.1, 0.15) is 0 Å². The largest absolute Gasteiger partial charge is 0.516 e. The third-order valence-corrected chi connectivity index (χ3v) is 2.81. The Labute approximate surface area is 125 Å². The summed E-state index contributed by atoms with van der Waals surface area (Å²) in [5, 5.41) is 1.02. The van der Waals surface area contributed by atoms with E-state index in [2.05, 4.69) is 16.0 Å². The molecule has 0 aliphatic heterocycles. The Morgan fingerprint density at radius 3 is 2.79 bits per heavy atom. The first-order valence-corrected chi connectivity index (χ1v) is 5.64. The summed E-state index contributed by atoms with van der Waals surface area (Å²) in [5.41, 5.74) is 2.71. The predicted octanol–water partition coefficient (Wildman–Crippen LogP) is 3.10. The quantitative estimate of drug-likeness (QED) is 0.590. The zero-order valence-corrected chi connectivity index (χ0v) is 12.6. The van der Waals surface area contributed by atoms with Crippen molar-refractivity contribution in [1.82, 2.24) is 9.97 Å². The number of methoxy groups -OCH3 is 1. The second kappa shape index (κ2) is 5.91. The second-order valence-electron chi connectivity index (χ2n) is 3.88. The van der Waals surface area contributed by atoms with Gasteiger partial charge in [-0.3, -0.25) is 4.98 Å². The molecule has 4 heteroatoms. The fraction of sp³-hybridized carbons (Fsp3) is 0.0667. The Balaban J connectivity index is 0.00000133. The first kappa shape index (κ1) is 13.7. The molecule has 0 amide bonds. The van der Waals surface area contributed by atoms with Crippen molar-refractivity contribution in [2.45, 2.75) is 0 Å². The van der Waals surface area contributed by atoms with Crippen LogP contribution in [0, 0.1) is 6.07 Å². The van der Waals surface area contributed by atoms with Crippen molar-refractivity contribution in [1.29, 1.82) is 0 Å². The van der Waals surface area contributed by atoms with E-state index in [1.54, 1.807) is 13.4 Å². The van der Waals surface area contributed by atoms with Crippen LogP contribution in [-0.4, -0.2) is 17.1 Å². The van der Waals surface area contributed by atoms with Crippen molar-refractivity contribution in [3.05, 3.63) is 54.9 Å². The average Bonchev–Trinajstić information content (AvgIpc) is 2.47. The molecule has 0 bridgehead atoms. The van der Waals surface area contributed by atoms with Crippen LogP contribution in [0.15, 0.2) is 48.8 Å². The molecule has 0 saturated heterocycles. The predicted molar refractivity (Wildman–Crippen MR) is 70.4 cm³/mol. The molecule has 0 unspecified atom stereocenters. The van der Waals surface area contributed by atoms with Gasteiger partial charge in [-0.2, -0.15) is 0 Å². The van der Waals surface area contributed by atoms with Gasteiger partial charge in [-0.1, -0.05) is 18.2 Å². The molecule has 19 heavy (non-hydrogen) atoms. The molecule has 1 aromatic heterocycles. The molecule has 0 spiro atoms. The number of ether oxygens (including phenoxy) is 1. The van der Waals surface area contributed by atoms with Gasteiger partial charge >= 0.3 is 0 Å². The SMILES string of the molecule is COc1cc[c-]c(-c2ncnc3ccccc23)c1.[Ir]. The van der Waals surface area contributed by atoms with Crippen LogP contribution in [-0.2, 0) is 20.1 Å². The summed E-state index contributed by atoms with van der Waals surface area (Å²) in [6.45, 7) is 0. The van der Waals surface area contributed by atoms with Crippen molar-refractivity contribution in [2.75, 3.05) is 7.11 Å². The van der Waals surface area contributed by atoms with Gasteiger partial charge in [-0.05, 0) is 17.1 Å². The third-order valence-electron chi connectivity index (χ3n) is 2.81. The molecule has 97 valence electrons. The van der Waals surface area contributed by atoms with Gasteiger partial charge in [0.2, 0.25) is 0 Å². The maximum atomic E-state index is 5.22. The van der Waals surface area contributed by atoms with Crippen LogP contribution in [0.3, 0.4) is 0 Å². The van der Waals surface area contributed by atoms with E-state index >= 15 is 0 Å². The molecule has 0 saturated carbocycles. The average molecular weight is 427 g/mol. The maximum absolute atomic E-state index is 5.22. The standard InChI is InChI=1S/C15H11N2O.Ir/c1-18-12-6-4-5-11(9-12)15-13-7-2-3-8-14(13)16-10-17-15;/h2-4,6-10H,1H3;/q-1;. The van der Waals surface area contributed by atoms with Gasteiger partial charge in [0.15, 0.2) is 0 Å². The molecule has 0 aliphatic rings. The Morgan fingerprint density at radius 2 is 1.95 bits per heavy atom. The van der Waals surface area contributed by atoms with E-state index < -0.39 is 0 Å². The first-order valence-electron chi connectivity index (χ1n) is 5.64. The number of hydrogen-bond donors (Lipinski definition) is 0. The van der Waals surface area contributed by atoms with E-state index in [4.69, 9.17) is 4.74 Å². The normalized spacial score (nSPS) is 9.95. The monoisotopic (exact) mass is 428 g/mol. The van der Waals surface area contributed by atoms with E-state index in [9.17, 15) is 0 Å². The number of aromatic nitrogens is 2. The van der Waals surface area contributed by atoms with E-state index in [1.165, 1.54) is 0 Å². The molecule has 0 N–H and O–H groups in total. The van der Waals surface area contributed by atoms with Crippen molar-refractivity contribution < 1.29 is 24.8 Å². The fourth-order valence-corrected chi connectivity index (χ4v) is 1.93. The molecule has 3 rings (SSSR count). The molecule has 1 heterocycles. The van der Waals surface area contributed by atoms with Crippen LogP contribution in [0.2, 0.25) is 0 Å². The summed E-state index contributed by atoms with van der Waals surface area (Å²) in [6, 6.07) is 16.7. The first-order chi connectivity index (χ1) is 8.88.